The minimum absolute atomic E-state index is 0.759. The van der Waals surface area contributed by atoms with Gasteiger partial charge in [0, 0.05) is 43.6 Å². The summed E-state index contributed by atoms with van der Waals surface area (Å²) in [6, 6.07) is 9.99. The van der Waals surface area contributed by atoms with Crippen LogP contribution in [0, 0.1) is 0 Å². The maximum Gasteiger partial charge on any atom is 0.0367 e. The first kappa shape index (κ1) is 13.7. The Balaban J connectivity index is 1.60. The van der Waals surface area contributed by atoms with Crippen LogP contribution in [0.15, 0.2) is 24.3 Å². The maximum atomic E-state index is 2.54. The number of hydrogen-bond donors (Lipinski definition) is 0. The molecule has 110 valence electrons. The Kier molecular flexibility index (Phi) is 4.16. The highest BCUT2D eigenvalue weighted by molar-refractivity contribution is 5.57. The summed E-state index contributed by atoms with van der Waals surface area (Å²) in [5.74, 6) is 0. The van der Waals surface area contributed by atoms with Crippen LogP contribution in [0.5, 0.6) is 0 Å². The number of hydrogen-bond acceptors (Lipinski definition) is 3. The fourth-order valence-electron chi connectivity index (χ4n) is 3.49. The lowest BCUT2D eigenvalue weighted by atomic mass is 10.0. The minimum Gasteiger partial charge on any atom is -0.372 e. The van der Waals surface area contributed by atoms with E-state index in [-0.39, 0.29) is 0 Å². The van der Waals surface area contributed by atoms with E-state index in [1.54, 1.807) is 0 Å². The lowest BCUT2D eigenvalue weighted by Crippen LogP contribution is -2.41. The SMILES string of the molecule is CN(C)C1CCN(c2ccc(N3CCCC3)cc2)CC1. The van der Waals surface area contributed by atoms with Gasteiger partial charge >= 0.3 is 0 Å². The molecule has 0 unspecified atom stereocenters. The lowest BCUT2D eigenvalue weighted by Gasteiger charge is -2.36. The third-order valence-corrected chi connectivity index (χ3v) is 4.88. The van der Waals surface area contributed by atoms with Crippen LogP contribution in [-0.2, 0) is 0 Å². The van der Waals surface area contributed by atoms with Crippen molar-refractivity contribution in [3.63, 3.8) is 0 Å². The minimum atomic E-state index is 0.759. The van der Waals surface area contributed by atoms with Gasteiger partial charge in [-0.3, -0.25) is 0 Å². The molecular formula is C17H27N3. The predicted octanol–water partition coefficient (Wildman–Crippen LogP) is 2.82. The first-order valence-electron chi connectivity index (χ1n) is 8.00. The fraction of sp³-hybridized carbons (Fsp3) is 0.647. The average molecular weight is 273 g/mol. The van der Waals surface area contributed by atoms with Crippen molar-refractivity contribution >= 4 is 11.4 Å². The van der Waals surface area contributed by atoms with Gasteiger partial charge in [-0.1, -0.05) is 0 Å². The van der Waals surface area contributed by atoms with Crippen molar-refractivity contribution in [3.8, 4) is 0 Å². The second kappa shape index (κ2) is 6.04. The molecule has 3 heteroatoms. The van der Waals surface area contributed by atoms with Gasteiger partial charge in [-0.05, 0) is 64.0 Å². The van der Waals surface area contributed by atoms with Crippen molar-refractivity contribution in [2.45, 2.75) is 31.7 Å². The van der Waals surface area contributed by atoms with Gasteiger partial charge in [0.05, 0.1) is 0 Å². The molecule has 0 atom stereocenters. The summed E-state index contributed by atoms with van der Waals surface area (Å²) in [4.78, 5) is 7.41. The van der Waals surface area contributed by atoms with Crippen LogP contribution in [0.4, 0.5) is 11.4 Å². The molecule has 2 aliphatic heterocycles. The van der Waals surface area contributed by atoms with Gasteiger partial charge in [0.25, 0.3) is 0 Å². The molecule has 2 saturated heterocycles. The summed E-state index contributed by atoms with van der Waals surface area (Å²) in [5, 5.41) is 0. The van der Waals surface area contributed by atoms with E-state index in [9.17, 15) is 0 Å². The molecule has 1 aromatic rings. The zero-order valence-electron chi connectivity index (χ0n) is 12.9. The molecule has 0 aliphatic carbocycles. The van der Waals surface area contributed by atoms with Crippen molar-refractivity contribution in [1.82, 2.24) is 4.90 Å². The summed E-state index contributed by atoms with van der Waals surface area (Å²) in [6.07, 6.45) is 5.25. The van der Waals surface area contributed by atoms with Crippen LogP contribution in [-0.4, -0.2) is 51.2 Å². The second-order valence-electron chi connectivity index (χ2n) is 6.39. The Morgan fingerprint density at radius 2 is 1.25 bits per heavy atom. The summed E-state index contributed by atoms with van der Waals surface area (Å²) in [6.45, 7) is 4.83. The quantitative estimate of drug-likeness (QED) is 0.838. The highest BCUT2D eigenvalue weighted by Crippen LogP contribution is 2.26. The molecule has 2 fully saturated rings. The summed E-state index contributed by atoms with van der Waals surface area (Å²) in [5.41, 5.74) is 2.79. The topological polar surface area (TPSA) is 9.72 Å². The van der Waals surface area contributed by atoms with Crippen LogP contribution >= 0.6 is 0 Å². The summed E-state index contributed by atoms with van der Waals surface area (Å²) in [7, 11) is 4.40. The Morgan fingerprint density at radius 3 is 1.70 bits per heavy atom. The molecule has 1 aromatic carbocycles. The van der Waals surface area contributed by atoms with E-state index in [2.05, 4.69) is 53.1 Å². The lowest BCUT2D eigenvalue weighted by molar-refractivity contribution is 0.249. The van der Waals surface area contributed by atoms with Gasteiger partial charge in [-0.25, -0.2) is 0 Å². The van der Waals surface area contributed by atoms with Crippen LogP contribution < -0.4 is 9.80 Å². The normalized spacial score (nSPS) is 20.9. The standard InChI is InChI=1S/C17H27N3/c1-18(2)15-9-13-20(14-10-15)17-7-5-16(6-8-17)19-11-3-4-12-19/h5-8,15H,3-4,9-14H2,1-2H3. The number of benzene rings is 1. The Bertz CT molecular complexity index is 412. The largest absolute Gasteiger partial charge is 0.372 e. The second-order valence-corrected chi connectivity index (χ2v) is 6.39. The smallest absolute Gasteiger partial charge is 0.0367 e. The molecule has 0 amide bonds. The summed E-state index contributed by atoms with van der Waals surface area (Å²) < 4.78 is 0. The number of anilines is 2. The van der Waals surface area contributed by atoms with Gasteiger partial charge in [0.1, 0.15) is 0 Å². The zero-order chi connectivity index (χ0) is 13.9. The Labute approximate surface area is 123 Å². The predicted molar refractivity (Wildman–Crippen MR) is 86.8 cm³/mol. The molecule has 3 nitrogen and oxygen atoms in total. The number of piperidine rings is 1. The van der Waals surface area contributed by atoms with Gasteiger partial charge in [-0.2, -0.15) is 0 Å². The fourth-order valence-corrected chi connectivity index (χ4v) is 3.49. The highest BCUT2D eigenvalue weighted by Gasteiger charge is 2.21. The van der Waals surface area contributed by atoms with E-state index in [0.717, 1.165) is 6.04 Å². The molecule has 0 bridgehead atoms. The van der Waals surface area contributed by atoms with Crippen molar-refractivity contribution in [2.24, 2.45) is 0 Å². The van der Waals surface area contributed by atoms with Crippen LogP contribution in [0.3, 0.4) is 0 Å². The average Bonchev–Trinajstić information content (AvgIpc) is 3.02. The van der Waals surface area contributed by atoms with Gasteiger partial charge < -0.3 is 14.7 Å². The number of rotatable bonds is 3. The molecule has 3 rings (SSSR count). The van der Waals surface area contributed by atoms with E-state index in [4.69, 9.17) is 0 Å². The first-order valence-corrected chi connectivity index (χ1v) is 8.00. The van der Waals surface area contributed by atoms with Crippen molar-refractivity contribution in [1.29, 1.82) is 0 Å². The third kappa shape index (κ3) is 2.93. The summed E-state index contributed by atoms with van der Waals surface area (Å²) >= 11 is 0. The van der Waals surface area contributed by atoms with Crippen molar-refractivity contribution in [2.75, 3.05) is 50.1 Å². The van der Waals surface area contributed by atoms with Crippen molar-refractivity contribution in [3.05, 3.63) is 24.3 Å². The molecule has 0 N–H and O–H groups in total. The zero-order valence-corrected chi connectivity index (χ0v) is 12.9. The molecule has 0 spiro atoms. The molecule has 20 heavy (non-hydrogen) atoms. The van der Waals surface area contributed by atoms with Crippen LogP contribution in [0.1, 0.15) is 25.7 Å². The molecule has 0 radical (unpaired) electrons. The Morgan fingerprint density at radius 1 is 0.800 bits per heavy atom. The van der Waals surface area contributed by atoms with Gasteiger partial charge in [0.15, 0.2) is 0 Å². The number of nitrogens with zero attached hydrogens (tertiary/aromatic N) is 3. The highest BCUT2D eigenvalue weighted by atomic mass is 15.2. The van der Waals surface area contributed by atoms with E-state index in [1.807, 2.05) is 0 Å². The molecule has 0 aromatic heterocycles. The van der Waals surface area contributed by atoms with E-state index in [0.29, 0.717) is 0 Å². The van der Waals surface area contributed by atoms with Gasteiger partial charge in [0.2, 0.25) is 0 Å². The van der Waals surface area contributed by atoms with Crippen LogP contribution in [0.2, 0.25) is 0 Å². The first-order chi connectivity index (χ1) is 9.74. The molecular weight excluding hydrogens is 246 g/mol. The third-order valence-electron chi connectivity index (χ3n) is 4.88. The molecule has 0 saturated carbocycles. The van der Waals surface area contributed by atoms with E-state index < -0.39 is 0 Å². The van der Waals surface area contributed by atoms with Crippen LogP contribution in [0.25, 0.3) is 0 Å². The van der Waals surface area contributed by atoms with E-state index >= 15 is 0 Å². The van der Waals surface area contributed by atoms with Crippen molar-refractivity contribution < 1.29 is 0 Å². The molecule has 2 aliphatic rings. The molecule has 2 heterocycles. The van der Waals surface area contributed by atoms with Gasteiger partial charge in [-0.15, -0.1) is 0 Å². The van der Waals surface area contributed by atoms with E-state index in [1.165, 1.54) is 63.2 Å². The maximum absolute atomic E-state index is 2.54. The Hall–Kier alpha value is -1.22. The monoisotopic (exact) mass is 273 g/mol.